The number of ketones is 1. The Morgan fingerprint density at radius 2 is 1.01 bits per heavy atom. The smallest absolute Gasteiger partial charge is 0.416 e. The molecular formula is C74H90F10N12O4. The molecule has 0 radical (unpaired) electrons. The molecule has 3 aliphatic rings. The molecule has 10 rings (SSSR count). The van der Waals surface area contributed by atoms with Gasteiger partial charge in [0.25, 0.3) is 11.8 Å². The van der Waals surface area contributed by atoms with Crippen LogP contribution in [0.4, 0.5) is 73.0 Å². The first-order chi connectivity index (χ1) is 46.9. The van der Waals surface area contributed by atoms with Gasteiger partial charge in [0.15, 0.2) is 40.7 Å². The van der Waals surface area contributed by atoms with E-state index < -0.39 is 59.0 Å². The second-order valence-electron chi connectivity index (χ2n) is 28.2. The normalized spacial score (nSPS) is 18.3. The molecule has 4 N–H and O–H groups in total. The molecule has 26 heteroatoms. The van der Waals surface area contributed by atoms with E-state index in [2.05, 4.69) is 47.5 Å². The number of nitrogens with zero attached hydrogens (tertiary/aromatic N) is 9. The van der Waals surface area contributed by atoms with Crippen LogP contribution in [0.1, 0.15) is 177 Å². The van der Waals surface area contributed by atoms with Crippen molar-refractivity contribution in [1.29, 1.82) is 0 Å². The van der Waals surface area contributed by atoms with Gasteiger partial charge >= 0.3 is 6.18 Å². The van der Waals surface area contributed by atoms with Gasteiger partial charge in [0.2, 0.25) is 17.5 Å². The fraction of sp³-hybridized carbons (Fsp3) is 0.486. The topological polar surface area (TPSA) is 190 Å². The van der Waals surface area contributed by atoms with Gasteiger partial charge in [-0.2, -0.15) is 22.0 Å². The minimum atomic E-state index is -4.42. The third-order valence-corrected chi connectivity index (χ3v) is 18.3. The average Bonchev–Trinajstić information content (AvgIpc) is 1.56. The molecule has 6 heterocycles. The van der Waals surface area contributed by atoms with Crippen LogP contribution in [0.25, 0.3) is 0 Å². The lowest BCUT2D eigenvalue weighted by Gasteiger charge is -2.28. The maximum Gasteiger partial charge on any atom is 0.416 e. The van der Waals surface area contributed by atoms with Gasteiger partial charge in [-0.25, -0.2) is 51.9 Å². The summed E-state index contributed by atoms with van der Waals surface area (Å²) in [5.74, 6) is -7.09. The van der Waals surface area contributed by atoms with Crippen LogP contribution >= 0.6 is 0 Å². The van der Waals surface area contributed by atoms with Crippen molar-refractivity contribution in [2.24, 2.45) is 23.0 Å². The zero-order valence-electron chi connectivity index (χ0n) is 58.5. The SMILES string of the molecule is CC(=O)C(CC(C)(C)C)Nc1ncnc(N2CC(C)CC2c2ccc(C(F)(F)F)cc2)c1F.COC(C)(C)CC(C)Cc1ncnc(N2CCCC2c2ccc(C(C)(F)F)cc2)c1F.COc1ccc(CC(Nc2ncnc(N3CCCC3c3ccc(C(C)(F)F)cc3)c2F)C(N)=O)cc1. The van der Waals surface area contributed by atoms with Crippen molar-refractivity contribution in [1.82, 2.24) is 29.9 Å². The number of amides is 1. The third-order valence-electron chi connectivity index (χ3n) is 18.3. The quantitative estimate of drug-likeness (QED) is 0.0513. The van der Waals surface area contributed by atoms with Gasteiger partial charge in [0.05, 0.1) is 48.1 Å². The summed E-state index contributed by atoms with van der Waals surface area (Å²) in [5.41, 5.74) is 7.86. The number of hydrogen-bond donors (Lipinski definition) is 3. The zero-order valence-corrected chi connectivity index (χ0v) is 58.5. The fourth-order valence-electron chi connectivity index (χ4n) is 13.1. The number of benzene rings is 4. The molecule has 7 atom stereocenters. The van der Waals surface area contributed by atoms with Crippen LogP contribution in [-0.2, 0) is 45.2 Å². The molecule has 0 spiro atoms. The largest absolute Gasteiger partial charge is 0.497 e. The van der Waals surface area contributed by atoms with Gasteiger partial charge in [0.1, 0.15) is 30.8 Å². The highest BCUT2D eigenvalue weighted by molar-refractivity contribution is 5.84. The van der Waals surface area contributed by atoms with E-state index in [1.165, 1.54) is 62.3 Å². The summed E-state index contributed by atoms with van der Waals surface area (Å²) in [5, 5.41) is 5.75. The molecule has 3 fully saturated rings. The molecule has 1 amide bonds. The number of Topliss-reactive ketones (excluding diaryl/α,β-unsaturated/α-hetero) is 1. The summed E-state index contributed by atoms with van der Waals surface area (Å²) in [6.07, 6.45) is 5.30. The van der Waals surface area contributed by atoms with E-state index in [0.717, 1.165) is 74.8 Å². The number of aromatic nitrogens is 6. The van der Waals surface area contributed by atoms with Gasteiger partial charge in [-0.3, -0.25) is 9.59 Å². The molecule has 0 bridgehead atoms. The Morgan fingerprint density at radius 1 is 0.570 bits per heavy atom. The number of carbonyl (C=O) groups excluding carboxylic acids is 2. The molecule has 0 saturated carbocycles. The first kappa shape index (κ1) is 77.1. The minimum Gasteiger partial charge on any atom is -0.497 e. The summed E-state index contributed by atoms with van der Waals surface area (Å²) in [4.78, 5) is 54.5. The Kier molecular flexibility index (Phi) is 24.9. The van der Waals surface area contributed by atoms with Crippen molar-refractivity contribution in [2.75, 3.05) is 59.2 Å². The number of anilines is 5. The summed E-state index contributed by atoms with van der Waals surface area (Å²) >= 11 is 0. The summed E-state index contributed by atoms with van der Waals surface area (Å²) in [6, 6.07) is 22.3. The minimum absolute atomic E-state index is 0.0238. The van der Waals surface area contributed by atoms with Crippen molar-refractivity contribution < 1.29 is 63.0 Å². The molecule has 3 aliphatic heterocycles. The highest BCUT2D eigenvalue weighted by Gasteiger charge is 2.38. The molecule has 3 aromatic heterocycles. The second-order valence-corrected chi connectivity index (χ2v) is 28.2. The van der Waals surface area contributed by atoms with Gasteiger partial charge < -0.3 is 40.5 Å². The molecule has 540 valence electrons. The predicted molar refractivity (Wildman–Crippen MR) is 366 cm³/mol. The molecule has 3 saturated heterocycles. The standard InChI is InChI=1S/C26H28F3N5O2.C24H30F4N4O.C24H32F3N3O/c1-26(28,29)18-9-7-17(8-10-18)21-4-3-13-34(21)25-22(27)24(31-15-32-25)33-20(23(30)35)14-16-5-11-19(36-2)12-6-16;1-14-10-19(16-6-8-17(9-7-16)24(26,27)28)32(12-14)22-20(25)21(29-13-30-22)31-18(15(2)33)11-23(3,4)5;1-16(14-23(2,3)31-5)13-19-21(25)22(29-15-28-19)30-12-6-7-20(30)17-8-10-18(11-9-17)24(4,26)27/h5-12,15,20-21H,3-4,13-14H2,1-2H3,(H2,30,35)(H,31,32,33);6-9,13-14,18-19H,10-12H2,1-5H3,(H,29,30,31);8-11,15-16,20H,6-7,12-14H2,1-5H3. The lowest BCUT2D eigenvalue weighted by atomic mass is 9.87. The Morgan fingerprint density at radius 3 is 1.44 bits per heavy atom. The lowest BCUT2D eigenvalue weighted by Crippen LogP contribution is -2.38. The van der Waals surface area contributed by atoms with Crippen LogP contribution in [-0.4, -0.2) is 93.1 Å². The van der Waals surface area contributed by atoms with Crippen LogP contribution in [0.15, 0.2) is 116 Å². The number of nitrogens with one attached hydrogen (secondary N) is 2. The van der Waals surface area contributed by atoms with Crippen molar-refractivity contribution in [3.05, 3.63) is 178 Å². The number of ether oxygens (including phenoxy) is 2. The maximum absolute atomic E-state index is 15.6. The maximum atomic E-state index is 15.6. The van der Waals surface area contributed by atoms with Crippen molar-refractivity contribution in [2.45, 2.75) is 181 Å². The number of alkyl halides is 7. The fourth-order valence-corrected chi connectivity index (χ4v) is 13.1. The lowest BCUT2D eigenvalue weighted by molar-refractivity contribution is -0.137. The Balaban J connectivity index is 0.000000191. The monoisotopic (exact) mass is 1400 g/mol. The molecule has 7 unspecified atom stereocenters. The average molecular weight is 1400 g/mol. The number of hydrogen-bond acceptors (Lipinski definition) is 15. The van der Waals surface area contributed by atoms with E-state index in [4.69, 9.17) is 15.2 Å². The number of nitrogens with two attached hydrogens (primary N) is 1. The van der Waals surface area contributed by atoms with E-state index >= 15 is 13.2 Å². The van der Waals surface area contributed by atoms with Crippen LogP contribution in [0, 0.1) is 34.7 Å². The summed E-state index contributed by atoms with van der Waals surface area (Å²) < 4.78 is 150. The van der Waals surface area contributed by atoms with Crippen LogP contribution in [0.3, 0.4) is 0 Å². The number of rotatable bonds is 23. The molecule has 16 nitrogen and oxygen atoms in total. The van der Waals surface area contributed by atoms with Gasteiger partial charge in [-0.1, -0.05) is 107 Å². The van der Waals surface area contributed by atoms with Crippen molar-refractivity contribution in [3.8, 4) is 5.75 Å². The highest BCUT2D eigenvalue weighted by atomic mass is 19.4. The first-order valence-corrected chi connectivity index (χ1v) is 33.4. The Bertz CT molecular complexity index is 3850. The first-order valence-electron chi connectivity index (χ1n) is 33.4. The van der Waals surface area contributed by atoms with Gasteiger partial charge in [0, 0.05) is 58.1 Å². The van der Waals surface area contributed by atoms with Crippen LogP contribution in [0.5, 0.6) is 5.75 Å². The molecule has 0 aliphatic carbocycles. The molecular weight excluding hydrogens is 1310 g/mol. The van der Waals surface area contributed by atoms with E-state index in [1.54, 1.807) is 72.6 Å². The summed E-state index contributed by atoms with van der Waals surface area (Å²) in [6.45, 7) is 19.0. The number of primary amides is 1. The van der Waals surface area contributed by atoms with Crippen molar-refractivity contribution in [3.63, 3.8) is 0 Å². The van der Waals surface area contributed by atoms with E-state index in [0.29, 0.717) is 55.9 Å². The Hall–Kier alpha value is -8.68. The van der Waals surface area contributed by atoms with Crippen LogP contribution in [0.2, 0.25) is 0 Å². The van der Waals surface area contributed by atoms with E-state index in [-0.39, 0.29) is 93.4 Å². The van der Waals surface area contributed by atoms with Gasteiger partial charge in [-0.05, 0) is 136 Å². The van der Waals surface area contributed by atoms with E-state index in [1.807, 2.05) is 46.4 Å². The Labute approximate surface area is 578 Å². The molecule has 100 heavy (non-hydrogen) atoms. The van der Waals surface area contributed by atoms with E-state index in [9.17, 15) is 40.3 Å². The van der Waals surface area contributed by atoms with Gasteiger partial charge in [-0.15, -0.1) is 0 Å². The molecule has 4 aromatic carbocycles. The van der Waals surface area contributed by atoms with Crippen molar-refractivity contribution >= 4 is 40.8 Å². The predicted octanol–water partition coefficient (Wildman–Crippen LogP) is 16.7. The number of carbonyl (C=O) groups is 2. The number of halogens is 10. The molecule has 7 aromatic rings. The third kappa shape index (κ3) is 20.1. The van der Waals surface area contributed by atoms with Crippen LogP contribution < -0.4 is 35.8 Å². The second kappa shape index (κ2) is 32.3. The highest BCUT2D eigenvalue weighted by Crippen LogP contribution is 2.44. The summed E-state index contributed by atoms with van der Waals surface area (Å²) in [7, 11) is 3.24. The zero-order chi connectivity index (χ0) is 73.2. The number of methoxy groups -OCH3 is 2.